The number of rotatable bonds is 9. The van der Waals surface area contributed by atoms with E-state index in [4.69, 9.17) is 11.1 Å². The van der Waals surface area contributed by atoms with Crippen LogP contribution < -0.4 is 14.5 Å². The minimum absolute atomic E-state index is 0. The summed E-state index contributed by atoms with van der Waals surface area (Å²) in [5, 5.41) is 2.02. The molecule has 0 atom stereocenters. The summed E-state index contributed by atoms with van der Waals surface area (Å²) in [6.45, 7) is 12.0. The van der Waals surface area contributed by atoms with E-state index in [2.05, 4.69) is 55.7 Å². The molecular formula is C61H45F4N4OPt-3. The zero-order chi connectivity index (χ0) is 49.3. The Balaban J connectivity index is 0.00000596. The van der Waals surface area contributed by atoms with Gasteiger partial charge in [0.2, 0.25) is 0 Å². The summed E-state index contributed by atoms with van der Waals surface area (Å²) in [5.74, 6) is -2.54. The molecule has 0 saturated carbocycles. The van der Waals surface area contributed by atoms with Crippen LogP contribution >= 0.6 is 0 Å². The monoisotopic (exact) mass is 1120 g/mol. The molecular weight excluding hydrogens is 1080 g/mol. The second-order valence-electron chi connectivity index (χ2n) is 18.7. The Labute approximate surface area is 426 Å². The number of benzene rings is 8. The molecule has 1 aliphatic rings. The normalized spacial score (nSPS) is 12.8. The van der Waals surface area contributed by atoms with Crippen molar-refractivity contribution in [3.8, 4) is 50.7 Å². The van der Waals surface area contributed by atoms with Crippen LogP contribution in [0.25, 0.3) is 61.0 Å². The Kier molecular flexibility index (Phi) is 12.1. The van der Waals surface area contributed by atoms with Gasteiger partial charge in [0.25, 0.3) is 0 Å². The van der Waals surface area contributed by atoms with Gasteiger partial charge in [-0.2, -0.15) is 6.07 Å². The van der Waals surface area contributed by atoms with Crippen molar-refractivity contribution in [2.45, 2.75) is 45.9 Å². The van der Waals surface area contributed by atoms with E-state index in [9.17, 15) is 0 Å². The van der Waals surface area contributed by atoms with Gasteiger partial charge in [0.05, 0.1) is 0 Å². The van der Waals surface area contributed by atoms with Gasteiger partial charge in [-0.25, -0.2) is 22.5 Å². The molecule has 0 aliphatic carbocycles. The number of anilines is 4. The average Bonchev–Trinajstić information content (AvgIpc) is 3.88. The Morgan fingerprint density at radius 1 is 0.592 bits per heavy atom. The molecule has 0 spiro atoms. The second kappa shape index (κ2) is 18.7. The number of aromatic nitrogens is 2. The third kappa shape index (κ3) is 8.89. The van der Waals surface area contributed by atoms with Gasteiger partial charge in [0.15, 0.2) is 0 Å². The van der Waals surface area contributed by atoms with E-state index in [1.807, 2.05) is 128 Å². The second-order valence-corrected chi connectivity index (χ2v) is 18.7. The molecule has 0 unspecified atom stereocenters. The van der Waals surface area contributed by atoms with Gasteiger partial charge in [-0.1, -0.05) is 113 Å². The molecule has 0 radical (unpaired) electrons. The molecule has 1 aliphatic heterocycles. The standard InChI is InChI=1S/C61H45F4N4O.Pt/c1-37(2)49-13-6-7-14-50(49)40-29-46(34-48(30-40)70-47-21-22-54-53-15-8-9-18-55(53)69(58(54)35-47)59-31-41(23-24-66-59)61(3,4)5)67-36-68(57-20-11-10-19-56(57)67)60-51(38-25-42(62)32-43(63)26-38)16-12-17-52(60)39-27-44(64)33-45(65)28-39;/h6-33,36-37H,1-5H3;/q-3;/i37D;. The third-order valence-electron chi connectivity index (χ3n) is 12.7. The topological polar surface area (TPSA) is 33.5 Å². The van der Waals surface area contributed by atoms with Gasteiger partial charge < -0.3 is 19.1 Å². The molecule has 0 saturated heterocycles. The van der Waals surface area contributed by atoms with Crippen molar-refractivity contribution in [3.63, 3.8) is 0 Å². The Hall–Kier alpha value is -7.48. The van der Waals surface area contributed by atoms with Crippen LogP contribution in [0.4, 0.5) is 40.3 Å². The summed E-state index contributed by atoms with van der Waals surface area (Å²) >= 11 is 0. The molecule has 2 aromatic heterocycles. The zero-order valence-corrected chi connectivity index (χ0v) is 41.5. The van der Waals surface area contributed by atoms with Crippen LogP contribution in [0, 0.1) is 42.1 Å². The number of hydrogen-bond donors (Lipinski definition) is 0. The quantitative estimate of drug-likeness (QED) is 0.107. The van der Waals surface area contributed by atoms with Crippen LogP contribution in [0.2, 0.25) is 0 Å². The molecule has 356 valence electrons. The number of halogens is 4. The molecule has 8 aromatic carbocycles. The molecule has 11 rings (SSSR count). The number of ether oxygens (including phenoxy) is 1. The van der Waals surface area contributed by atoms with Crippen molar-refractivity contribution in [1.82, 2.24) is 9.55 Å². The van der Waals surface area contributed by atoms with E-state index in [-0.39, 0.29) is 37.6 Å². The summed E-state index contributed by atoms with van der Waals surface area (Å²) in [4.78, 5) is 8.63. The van der Waals surface area contributed by atoms with Gasteiger partial charge in [0, 0.05) is 86.0 Å². The molecule has 71 heavy (non-hydrogen) atoms. The fourth-order valence-corrected chi connectivity index (χ4v) is 9.51. The molecule has 0 bridgehead atoms. The van der Waals surface area contributed by atoms with Crippen molar-refractivity contribution < 1.29 is 44.7 Å². The van der Waals surface area contributed by atoms with E-state index in [1.165, 1.54) is 24.3 Å². The average molecular weight is 1120 g/mol. The van der Waals surface area contributed by atoms with E-state index in [0.29, 0.717) is 45.4 Å². The molecule has 0 amide bonds. The maximum Gasteiger partial charge on any atom is 0.135 e. The van der Waals surface area contributed by atoms with Crippen molar-refractivity contribution >= 4 is 44.6 Å². The molecule has 0 fully saturated rings. The molecule has 3 heterocycles. The van der Waals surface area contributed by atoms with Gasteiger partial charge in [-0.3, -0.25) is 0 Å². The Morgan fingerprint density at radius 2 is 1.18 bits per heavy atom. The maximum atomic E-state index is 15.0. The van der Waals surface area contributed by atoms with Crippen molar-refractivity contribution in [1.29, 1.82) is 0 Å². The molecule has 10 aromatic rings. The fourth-order valence-electron chi connectivity index (χ4n) is 9.51. The Bertz CT molecular complexity index is 3620. The first kappa shape index (κ1) is 45.9. The van der Waals surface area contributed by atoms with Gasteiger partial charge in [-0.15, -0.1) is 53.6 Å². The third-order valence-corrected chi connectivity index (χ3v) is 12.7. The van der Waals surface area contributed by atoms with Crippen LogP contribution in [-0.4, -0.2) is 9.55 Å². The first-order chi connectivity index (χ1) is 34.1. The van der Waals surface area contributed by atoms with E-state index in [1.54, 1.807) is 18.2 Å². The number of hydrogen-bond acceptors (Lipinski definition) is 4. The SMILES string of the molecule is [2H]C(C)(C)c1ccccc1-c1cc(Oc2[c-]c3c(cc2)c2ccccc2n3-c2cc(C(C)(C)C)ccn2)[c-]c(N2[CH-]N(c3c(-c4cc(F)cc(F)c4)cccc3-c3cc(F)cc(F)c3)c3ccccc32)c1.[Pt]. The largest absolute Gasteiger partial charge is 0.509 e. The van der Waals surface area contributed by atoms with Crippen LogP contribution in [-0.2, 0) is 26.5 Å². The number of pyridine rings is 1. The molecule has 5 nitrogen and oxygen atoms in total. The van der Waals surface area contributed by atoms with E-state index >= 15 is 17.6 Å². The van der Waals surface area contributed by atoms with Gasteiger partial charge in [-0.05, 0) is 99.1 Å². The number of para-hydroxylation sites is 4. The van der Waals surface area contributed by atoms with Gasteiger partial charge >= 0.3 is 0 Å². The minimum Gasteiger partial charge on any atom is -0.509 e. The predicted octanol–water partition coefficient (Wildman–Crippen LogP) is 17.0. The summed E-state index contributed by atoms with van der Waals surface area (Å²) in [6.07, 6.45) is 1.84. The summed E-state index contributed by atoms with van der Waals surface area (Å²) in [6, 6.07) is 54.4. The van der Waals surface area contributed by atoms with Crippen molar-refractivity contribution in [2.24, 2.45) is 0 Å². The number of fused-ring (bicyclic) bond motifs is 4. The van der Waals surface area contributed by atoms with Crippen molar-refractivity contribution in [2.75, 3.05) is 9.80 Å². The van der Waals surface area contributed by atoms with Crippen LogP contribution in [0.1, 0.15) is 53.0 Å². The van der Waals surface area contributed by atoms with E-state index < -0.39 is 29.2 Å². The molecule has 10 heteroatoms. The first-order valence-electron chi connectivity index (χ1n) is 23.4. The number of nitrogens with zero attached hydrogens (tertiary/aromatic N) is 4. The first-order valence-corrected chi connectivity index (χ1v) is 22.9. The van der Waals surface area contributed by atoms with E-state index in [0.717, 1.165) is 62.0 Å². The zero-order valence-electron chi connectivity index (χ0n) is 40.3. The van der Waals surface area contributed by atoms with Crippen LogP contribution in [0.15, 0.2) is 170 Å². The summed E-state index contributed by atoms with van der Waals surface area (Å²) in [7, 11) is 0. The Morgan fingerprint density at radius 3 is 1.85 bits per heavy atom. The summed E-state index contributed by atoms with van der Waals surface area (Å²) < 4.78 is 78.2. The van der Waals surface area contributed by atoms with Crippen molar-refractivity contribution in [3.05, 3.63) is 223 Å². The maximum absolute atomic E-state index is 15.0. The summed E-state index contributed by atoms with van der Waals surface area (Å²) in [5.41, 5.74) is 8.77. The smallest absolute Gasteiger partial charge is 0.135 e. The van der Waals surface area contributed by atoms with Gasteiger partial charge in [0.1, 0.15) is 29.1 Å². The predicted molar refractivity (Wildman–Crippen MR) is 273 cm³/mol. The molecule has 0 N–H and O–H groups in total. The van der Waals surface area contributed by atoms with Crippen LogP contribution in [0.5, 0.6) is 11.5 Å². The minimum atomic E-state index is -0.974. The van der Waals surface area contributed by atoms with Crippen LogP contribution in [0.3, 0.4) is 0 Å². The fraction of sp³-hybridized carbons (Fsp3) is 0.115.